The van der Waals surface area contributed by atoms with Crippen LogP contribution >= 0.6 is 0 Å². The maximum atomic E-state index is 12.6. The minimum atomic E-state index is -0.442. The predicted octanol–water partition coefficient (Wildman–Crippen LogP) is 2.39. The summed E-state index contributed by atoms with van der Waals surface area (Å²) in [6.45, 7) is 3.82. The Hall–Kier alpha value is -2.96. The standard InChI is InChI=1S/C16H16N4O3/c1-3-12-9-17-19-15(12)18-10(2)14(16(19)21)8-11-4-6-13(7-5-11)20(22)23/h4-7,9,17H,3,8H2,1-2H3. The van der Waals surface area contributed by atoms with Gasteiger partial charge in [0.05, 0.1) is 4.92 Å². The van der Waals surface area contributed by atoms with Gasteiger partial charge in [0.25, 0.3) is 11.2 Å². The molecule has 2 heterocycles. The highest BCUT2D eigenvalue weighted by atomic mass is 16.6. The Morgan fingerprint density at radius 3 is 2.61 bits per heavy atom. The average Bonchev–Trinajstić information content (AvgIpc) is 2.94. The highest BCUT2D eigenvalue weighted by Gasteiger charge is 2.14. The lowest BCUT2D eigenvalue weighted by atomic mass is 10.0. The third-order valence-electron chi connectivity index (χ3n) is 3.95. The number of hydrogen-bond acceptors (Lipinski definition) is 4. The topological polar surface area (TPSA) is 93.3 Å². The first-order valence-corrected chi connectivity index (χ1v) is 7.33. The lowest BCUT2D eigenvalue weighted by Crippen LogP contribution is -2.22. The Bertz CT molecular complexity index is 938. The summed E-state index contributed by atoms with van der Waals surface area (Å²) in [5.41, 5.74) is 3.65. The van der Waals surface area contributed by atoms with Gasteiger partial charge in [-0.3, -0.25) is 20.0 Å². The lowest BCUT2D eigenvalue weighted by Gasteiger charge is -2.06. The number of aromatic amines is 1. The van der Waals surface area contributed by atoms with Crippen molar-refractivity contribution >= 4 is 11.3 Å². The molecule has 0 fully saturated rings. The lowest BCUT2D eigenvalue weighted by molar-refractivity contribution is -0.384. The van der Waals surface area contributed by atoms with E-state index in [1.165, 1.54) is 16.6 Å². The molecule has 0 radical (unpaired) electrons. The second-order valence-electron chi connectivity index (χ2n) is 5.39. The third-order valence-corrected chi connectivity index (χ3v) is 3.95. The fraction of sp³-hybridized carbons (Fsp3) is 0.250. The van der Waals surface area contributed by atoms with E-state index in [9.17, 15) is 14.9 Å². The zero-order chi connectivity index (χ0) is 16.6. The summed E-state index contributed by atoms with van der Waals surface area (Å²) in [4.78, 5) is 27.4. The molecule has 0 spiro atoms. The van der Waals surface area contributed by atoms with E-state index in [0.717, 1.165) is 17.5 Å². The number of benzene rings is 1. The largest absolute Gasteiger partial charge is 0.297 e. The molecule has 1 aromatic carbocycles. The summed E-state index contributed by atoms with van der Waals surface area (Å²) in [6, 6.07) is 6.21. The van der Waals surface area contributed by atoms with Gasteiger partial charge in [-0.1, -0.05) is 19.1 Å². The molecule has 0 bridgehead atoms. The van der Waals surface area contributed by atoms with Crippen LogP contribution in [0.15, 0.2) is 35.3 Å². The van der Waals surface area contributed by atoms with Gasteiger partial charge in [0, 0.05) is 41.6 Å². The van der Waals surface area contributed by atoms with Gasteiger partial charge in [-0.25, -0.2) is 9.50 Å². The molecular weight excluding hydrogens is 296 g/mol. The molecule has 23 heavy (non-hydrogen) atoms. The normalized spacial score (nSPS) is 11.0. The van der Waals surface area contributed by atoms with E-state index < -0.39 is 4.92 Å². The van der Waals surface area contributed by atoms with Crippen molar-refractivity contribution in [1.29, 1.82) is 0 Å². The van der Waals surface area contributed by atoms with E-state index in [4.69, 9.17) is 0 Å². The number of nitrogens with zero attached hydrogens (tertiary/aromatic N) is 3. The van der Waals surface area contributed by atoms with Crippen molar-refractivity contribution in [2.45, 2.75) is 26.7 Å². The van der Waals surface area contributed by atoms with Crippen LogP contribution in [0.1, 0.15) is 29.3 Å². The number of aromatic nitrogens is 3. The number of nitro benzene ring substituents is 1. The summed E-state index contributed by atoms with van der Waals surface area (Å²) in [6.07, 6.45) is 2.97. The third kappa shape index (κ3) is 2.61. The quantitative estimate of drug-likeness (QED) is 0.591. The highest BCUT2D eigenvalue weighted by molar-refractivity contribution is 5.48. The van der Waals surface area contributed by atoms with Crippen LogP contribution in [0.3, 0.4) is 0 Å². The van der Waals surface area contributed by atoms with Crippen molar-refractivity contribution in [3.8, 4) is 0 Å². The minimum Gasteiger partial charge on any atom is -0.297 e. The molecule has 0 amide bonds. The van der Waals surface area contributed by atoms with Gasteiger partial charge in [-0.2, -0.15) is 0 Å². The number of aryl methyl sites for hydroxylation is 2. The van der Waals surface area contributed by atoms with Crippen LogP contribution in [0.2, 0.25) is 0 Å². The van der Waals surface area contributed by atoms with Crippen molar-refractivity contribution in [2.75, 3.05) is 0 Å². The van der Waals surface area contributed by atoms with E-state index in [1.807, 2.05) is 13.8 Å². The van der Waals surface area contributed by atoms with E-state index in [2.05, 4.69) is 10.1 Å². The maximum Gasteiger partial charge on any atom is 0.276 e. The van der Waals surface area contributed by atoms with Crippen molar-refractivity contribution in [2.24, 2.45) is 0 Å². The van der Waals surface area contributed by atoms with Gasteiger partial charge in [0.15, 0.2) is 5.65 Å². The summed E-state index contributed by atoms with van der Waals surface area (Å²) in [5.74, 6) is 0. The minimum absolute atomic E-state index is 0.0349. The van der Waals surface area contributed by atoms with Crippen LogP contribution in [-0.4, -0.2) is 19.5 Å². The van der Waals surface area contributed by atoms with E-state index in [0.29, 0.717) is 23.3 Å². The molecule has 7 nitrogen and oxygen atoms in total. The van der Waals surface area contributed by atoms with Gasteiger partial charge < -0.3 is 0 Å². The van der Waals surface area contributed by atoms with Gasteiger partial charge in [-0.05, 0) is 18.9 Å². The van der Waals surface area contributed by atoms with Gasteiger partial charge in [0.2, 0.25) is 0 Å². The second-order valence-corrected chi connectivity index (χ2v) is 5.39. The Morgan fingerprint density at radius 2 is 2.00 bits per heavy atom. The van der Waals surface area contributed by atoms with Crippen molar-refractivity contribution < 1.29 is 4.92 Å². The maximum absolute atomic E-state index is 12.6. The molecule has 3 aromatic rings. The molecule has 0 aliphatic heterocycles. The number of non-ortho nitro benzene ring substituents is 1. The highest BCUT2D eigenvalue weighted by Crippen LogP contribution is 2.16. The van der Waals surface area contributed by atoms with Crippen LogP contribution in [0.5, 0.6) is 0 Å². The molecule has 2 aromatic heterocycles. The van der Waals surface area contributed by atoms with Gasteiger partial charge in [-0.15, -0.1) is 0 Å². The molecule has 3 rings (SSSR count). The fourth-order valence-corrected chi connectivity index (χ4v) is 2.61. The molecule has 0 saturated heterocycles. The van der Waals surface area contributed by atoms with E-state index in [1.54, 1.807) is 18.3 Å². The number of fused-ring (bicyclic) bond motifs is 1. The molecular formula is C16H16N4O3. The summed E-state index contributed by atoms with van der Waals surface area (Å²) in [7, 11) is 0. The summed E-state index contributed by atoms with van der Waals surface area (Å²) in [5, 5.41) is 13.6. The van der Waals surface area contributed by atoms with E-state index >= 15 is 0 Å². The molecule has 0 unspecified atom stereocenters. The average molecular weight is 312 g/mol. The van der Waals surface area contributed by atoms with Crippen LogP contribution < -0.4 is 5.56 Å². The van der Waals surface area contributed by atoms with Gasteiger partial charge >= 0.3 is 0 Å². The molecule has 0 atom stereocenters. The summed E-state index contributed by atoms with van der Waals surface area (Å²) >= 11 is 0. The number of H-pyrrole nitrogens is 1. The molecule has 0 aliphatic rings. The van der Waals surface area contributed by atoms with E-state index in [-0.39, 0.29) is 11.2 Å². The van der Waals surface area contributed by atoms with Crippen LogP contribution in [-0.2, 0) is 12.8 Å². The second kappa shape index (κ2) is 5.68. The Kier molecular flexibility index (Phi) is 3.69. The first-order valence-electron chi connectivity index (χ1n) is 7.33. The molecule has 0 saturated carbocycles. The Balaban J connectivity index is 2.03. The van der Waals surface area contributed by atoms with Crippen LogP contribution in [0, 0.1) is 17.0 Å². The molecule has 1 N–H and O–H groups in total. The van der Waals surface area contributed by atoms with Crippen LogP contribution in [0.4, 0.5) is 5.69 Å². The smallest absolute Gasteiger partial charge is 0.276 e. The van der Waals surface area contributed by atoms with Crippen molar-refractivity contribution in [3.63, 3.8) is 0 Å². The molecule has 7 heteroatoms. The number of hydrogen-bond donors (Lipinski definition) is 1. The number of nitro groups is 1. The number of rotatable bonds is 4. The Morgan fingerprint density at radius 1 is 1.30 bits per heavy atom. The van der Waals surface area contributed by atoms with Crippen LogP contribution in [0.25, 0.3) is 5.65 Å². The van der Waals surface area contributed by atoms with Crippen molar-refractivity contribution in [3.05, 3.63) is 73.3 Å². The van der Waals surface area contributed by atoms with Gasteiger partial charge in [0.1, 0.15) is 0 Å². The number of nitrogens with one attached hydrogen (secondary N) is 1. The first-order chi connectivity index (χ1) is 11.0. The van der Waals surface area contributed by atoms with Crippen molar-refractivity contribution in [1.82, 2.24) is 14.6 Å². The zero-order valence-corrected chi connectivity index (χ0v) is 12.9. The first kappa shape index (κ1) is 15.0. The fourth-order valence-electron chi connectivity index (χ4n) is 2.61. The summed E-state index contributed by atoms with van der Waals surface area (Å²) < 4.78 is 1.45. The monoisotopic (exact) mass is 312 g/mol. The zero-order valence-electron chi connectivity index (χ0n) is 12.9. The Labute approximate surface area is 131 Å². The molecule has 0 aliphatic carbocycles. The predicted molar refractivity (Wildman–Crippen MR) is 85.8 cm³/mol. The molecule has 118 valence electrons. The SMILES string of the molecule is CCc1c[nH]n2c(=O)c(Cc3ccc([N+](=O)[O-])cc3)c(C)nc12.